The van der Waals surface area contributed by atoms with Crippen molar-refractivity contribution in [1.29, 1.82) is 0 Å². The molecule has 2 unspecified atom stereocenters. The average Bonchev–Trinajstić information content (AvgIpc) is 2.95. The summed E-state index contributed by atoms with van der Waals surface area (Å²) in [6.07, 6.45) is 5.79. The van der Waals surface area contributed by atoms with Gasteiger partial charge < -0.3 is 10.3 Å². The zero-order valence-corrected chi connectivity index (χ0v) is 10.1. The molecule has 0 saturated heterocycles. The lowest BCUT2D eigenvalue weighted by molar-refractivity contribution is 0.345. The van der Waals surface area contributed by atoms with E-state index in [0.717, 1.165) is 18.2 Å². The van der Waals surface area contributed by atoms with E-state index >= 15 is 0 Å². The highest BCUT2D eigenvalue weighted by molar-refractivity contribution is 5.01. The van der Waals surface area contributed by atoms with Crippen molar-refractivity contribution in [1.82, 2.24) is 10.1 Å². The molecule has 0 bridgehead atoms. The van der Waals surface area contributed by atoms with Gasteiger partial charge in [0.2, 0.25) is 5.89 Å². The normalized spacial score (nSPS) is 27.2. The minimum absolute atomic E-state index is 0.107. The van der Waals surface area contributed by atoms with Crippen LogP contribution in [0.25, 0.3) is 0 Å². The SMILES string of the molecule is CCC1CCC(c2noc([C@@H](N)CC)n2)C1. The second kappa shape index (κ2) is 4.95. The first-order chi connectivity index (χ1) is 7.74. The maximum absolute atomic E-state index is 5.86. The smallest absolute Gasteiger partial charge is 0.243 e. The molecule has 1 aromatic heterocycles. The van der Waals surface area contributed by atoms with E-state index in [1.165, 1.54) is 25.7 Å². The van der Waals surface area contributed by atoms with Crippen molar-refractivity contribution >= 4 is 0 Å². The molecule has 1 fully saturated rings. The van der Waals surface area contributed by atoms with Gasteiger partial charge in [0.25, 0.3) is 0 Å². The molecule has 1 heterocycles. The van der Waals surface area contributed by atoms with Crippen molar-refractivity contribution in [3.05, 3.63) is 11.7 Å². The van der Waals surface area contributed by atoms with Crippen LogP contribution in [0.4, 0.5) is 0 Å². The summed E-state index contributed by atoms with van der Waals surface area (Å²) >= 11 is 0. The van der Waals surface area contributed by atoms with Crippen LogP contribution in [0.1, 0.15) is 69.6 Å². The third-order valence-corrected chi connectivity index (χ3v) is 3.70. The van der Waals surface area contributed by atoms with Crippen molar-refractivity contribution in [3.8, 4) is 0 Å². The van der Waals surface area contributed by atoms with Gasteiger partial charge in [-0.2, -0.15) is 4.98 Å². The first-order valence-electron chi connectivity index (χ1n) is 6.33. The Morgan fingerprint density at radius 1 is 1.44 bits per heavy atom. The van der Waals surface area contributed by atoms with Crippen LogP contribution in [-0.2, 0) is 0 Å². The van der Waals surface area contributed by atoms with E-state index in [2.05, 4.69) is 17.1 Å². The molecule has 0 spiro atoms. The summed E-state index contributed by atoms with van der Waals surface area (Å²) in [5, 5.41) is 4.07. The van der Waals surface area contributed by atoms with Gasteiger partial charge in [0.05, 0.1) is 6.04 Å². The number of nitrogens with two attached hydrogens (primary N) is 1. The summed E-state index contributed by atoms with van der Waals surface area (Å²) in [5.41, 5.74) is 5.86. The Bertz CT molecular complexity index is 337. The van der Waals surface area contributed by atoms with E-state index in [1.807, 2.05) is 6.92 Å². The summed E-state index contributed by atoms with van der Waals surface area (Å²) < 4.78 is 5.21. The number of hydrogen-bond acceptors (Lipinski definition) is 4. The first kappa shape index (κ1) is 11.6. The van der Waals surface area contributed by atoms with E-state index in [-0.39, 0.29) is 6.04 Å². The van der Waals surface area contributed by atoms with Gasteiger partial charge in [-0.1, -0.05) is 25.4 Å². The molecule has 1 aliphatic rings. The Kier molecular flexibility index (Phi) is 3.59. The molecule has 90 valence electrons. The van der Waals surface area contributed by atoms with Gasteiger partial charge in [-0.15, -0.1) is 0 Å². The molecule has 2 rings (SSSR count). The molecule has 1 aromatic rings. The molecular formula is C12H21N3O. The molecule has 1 aliphatic carbocycles. The van der Waals surface area contributed by atoms with Crippen molar-refractivity contribution in [2.75, 3.05) is 0 Å². The second-order valence-electron chi connectivity index (χ2n) is 4.79. The molecular weight excluding hydrogens is 202 g/mol. The van der Waals surface area contributed by atoms with Crippen molar-refractivity contribution < 1.29 is 4.52 Å². The van der Waals surface area contributed by atoms with Crippen molar-refractivity contribution in [3.63, 3.8) is 0 Å². The Balaban J connectivity index is 2.02. The molecule has 0 radical (unpaired) electrons. The fraction of sp³-hybridized carbons (Fsp3) is 0.833. The zero-order chi connectivity index (χ0) is 11.5. The van der Waals surface area contributed by atoms with Crippen LogP contribution in [0.15, 0.2) is 4.52 Å². The van der Waals surface area contributed by atoms with Gasteiger partial charge in [0, 0.05) is 5.92 Å². The molecule has 4 nitrogen and oxygen atoms in total. The van der Waals surface area contributed by atoms with Gasteiger partial charge in [0.1, 0.15) is 0 Å². The summed E-state index contributed by atoms with van der Waals surface area (Å²) in [7, 11) is 0. The average molecular weight is 223 g/mol. The van der Waals surface area contributed by atoms with Crippen LogP contribution in [0.3, 0.4) is 0 Å². The number of hydrogen-bond donors (Lipinski definition) is 1. The summed E-state index contributed by atoms with van der Waals surface area (Å²) in [4.78, 5) is 4.43. The highest BCUT2D eigenvalue weighted by Crippen LogP contribution is 2.38. The van der Waals surface area contributed by atoms with E-state index in [0.29, 0.717) is 11.8 Å². The maximum atomic E-state index is 5.86. The van der Waals surface area contributed by atoms with Gasteiger partial charge in [-0.05, 0) is 31.6 Å². The lowest BCUT2D eigenvalue weighted by atomic mass is 10.0. The topological polar surface area (TPSA) is 64.9 Å². The molecule has 2 N–H and O–H groups in total. The van der Waals surface area contributed by atoms with Crippen molar-refractivity contribution in [2.24, 2.45) is 11.7 Å². The largest absolute Gasteiger partial charge is 0.338 e. The monoisotopic (exact) mass is 223 g/mol. The molecule has 1 saturated carbocycles. The number of nitrogens with zero attached hydrogens (tertiary/aromatic N) is 2. The predicted octanol–water partition coefficient (Wildman–Crippen LogP) is 2.77. The Morgan fingerprint density at radius 2 is 2.25 bits per heavy atom. The lowest BCUT2D eigenvalue weighted by Gasteiger charge is -2.04. The van der Waals surface area contributed by atoms with E-state index < -0.39 is 0 Å². The number of rotatable bonds is 4. The third kappa shape index (κ3) is 2.26. The minimum atomic E-state index is -0.107. The van der Waals surface area contributed by atoms with Gasteiger partial charge in [-0.25, -0.2) is 0 Å². The van der Waals surface area contributed by atoms with E-state index in [9.17, 15) is 0 Å². The van der Waals surface area contributed by atoms with Crippen molar-refractivity contribution in [2.45, 2.75) is 57.9 Å². The standard InChI is InChI=1S/C12H21N3O/c1-3-8-5-6-9(7-8)11-14-12(16-15-11)10(13)4-2/h8-10H,3-7,13H2,1-2H3/t8?,9?,10-/m0/s1. The lowest BCUT2D eigenvalue weighted by Crippen LogP contribution is -2.09. The van der Waals surface area contributed by atoms with Crippen LogP contribution < -0.4 is 5.73 Å². The van der Waals surface area contributed by atoms with Gasteiger partial charge in [0.15, 0.2) is 5.82 Å². The summed E-state index contributed by atoms with van der Waals surface area (Å²) in [6, 6.07) is -0.107. The third-order valence-electron chi connectivity index (χ3n) is 3.70. The first-order valence-corrected chi connectivity index (χ1v) is 6.33. The quantitative estimate of drug-likeness (QED) is 0.852. The molecule has 0 amide bonds. The van der Waals surface area contributed by atoms with Crippen LogP contribution in [0.5, 0.6) is 0 Å². The number of aromatic nitrogens is 2. The van der Waals surface area contributed by atoms with Gasteiger partial charge in [-0.3, -0.25) is 0 Å². The molecule has 0 aromatic carbocycles. The van der Waals surface area contributed by atoms with Gasteiger partial charge >= 0.3 is 0 Å². The van der Waals surface area contributed by atoms with Crippen LogP contribution in [-0.4, -0.2) is 10.1 Å². The zero-order valence-electron chi connectivity index (χ0n) is 10.1. The van der Waals surface area contributed by atoms with Crippen LogP contribution in [0.2, 0.25) is 0 Å². The molecule has 16 heavy (non-hydrogen) atoms. The second-order valence-corrected chi connectivity index (χ2v) is 4.79. The fourth-order valence-corrected chi connectivity index (χ4v) is 2.42. The van der Waals surface area contributed by atoms with E-state index in [4.69, 9.17) is 10.3 Å². The van der Waals surface area contributed by atoms with Crippen LogP contribution >= 0.6 is 0 Å². The molecule has 3 atom stereocenters. The van der Waals surface area contributed by atoms with E-state index in [1.54, 1.807) is 0 Å². The molecule has 4 heteroatoms. The Morgan fingerprint density at radius 3 is 2.88 bits per heavy atom. The van der Waals surface area contributed by atoms with Crippen LogP contribution in [0, 0.1) is 5.92 Å². The minimum Gasteiger partial charge on any atom is -0.338 e. The molecule has 0 aliphatic heterocycles. The predicted molar refractivity (Wildman–Crippen MR) is 61.9 cm³/mol. The summed E-state index contributed by atoms with van der Waals surface area (Å²) in [5.74, 6) is 2.80. The fourth-order valence-electron chi connectivity index (χ4n) is 2.42. The Hall–Kier alpha value is -0.900. The Labute approximate surface area is 96.6 Å². The highest BCUT2D eigenvalue weighted by Gasteiger charge is 2.28. The highest BCUT2D eigenvalue weighted by atomic mass is 16.5. The maximum Gasteiger partial charge on any atom is 0.243 e. The summed E-state index contributed by atoms with van der Waals surface area (Å²) in [6.45, 7) is 4.28.